The van der Waals surface area contributed by atoms with E-state index in [1.165, 1.54) is 22.0 Å². The van der Waals surface area contributed by atoms with Gasteiger partial charge in [-0.2, -0.15) is 4.57 Å². The zero-order valence-electron chi connectivity index (χ0n) is 31.1. The van der Waals surface area contributed by atoms with Crippen molar-refractivity contribution < 1.29 is 22.0 Å². The normalized spacial score (nSPS) is 17.2. The van der Waals surface area contributed by atoms with Gasteiger partial charge in [-0.15, -0.1) is 0 Å². The third-order valence-corrected chi connectivity index (χ3v) is 12.5. The van der Waals surface area contributed by atoms with E-state index in [1.54, 1.807) is 11.8 Å². The number of anilines is 1. The lowest BCUT2D eigenvalue weighted by atomic mass is 9.75. The minimum Gasteiger partial charge on any atom is -0.748 e. The van der Waals surface area contributed by atoms with Gasteiger partial charge in [-0.3, -0.25) is 0 Å². The summed E-state index contributed by atoms with van der Waals surface area (Å²) in [4.78, 5) is 3.28. The van der Waals surface area contributed by atoms with Gasteiger partial charge in [0.05, 0.1) is 43.6 Å². The van der Waals surface area contributed by atoms with E-state index < -0.39 is 15.9 Å². The predicted molar refractivity (Wildman–Crippen MR) is 222 cm³/mol. The number of para-hydroxylation sites is 2. The molecular weight excluding hydrogens is 725 g/mol. The van der Waals surface area contributed by atoms with Crippen LogP contribution in [0.5, 0.6) is 0 Å². The molecule has 10 heteroatoms. The van der Waals surface area contributed by atoms with Crippen molar-refractivity contribution >= 4 is 66.5 Å². The predicted octanol–water partition coefficient (Wildman–Crippen LogP) is 10.1. The molecule has 1 aliphatic carbocycles. The molecule has 3 aromatic heterocycles. The van der Waals surface area contributed by atoms with Gasteiger partial charge in [0.1, 0.15) is 6.54 Å². The first-order valence-electron chi connectivity index (χ1n) is 18.8. The number of thioether (sulfide) groups is 1. The average Bonchev–Trinajstić information content (AvgIpc) is 3.93. The van der Waals surface area contributed by atoms with E-state index >= 15 is 0 Å². The van der Waals surface area contributed by atoms with E-state index in [4.69, 9.17) is 4.42 Å². The van der Waals surface area contributed by atoms with Crippen LogP contribution in [-0.4, -0.2) is 34.4 Å². The first-order valence-corrected chi connectivity index (χ1v) is 21.2. The molecule has 1 aliphatic heterocycles. The SMILES string of the molecule is CC[n+]1c(/C=C2C=C(/C=C3\Sc4ccc(-n5ccc6ccccc65)cc4N3CCCS(=O)(=O)[O-])CC(C)(C)C/2)oc2ccc(-n3ccc4ccccc43)cc21. The summed E-state index contributed by atoms with van der Waals surface area (Å²) in [5.41, 5.74) is 9.68. The third kappa shape index (κ3) is 6.94. The lowest BCUT2D eigenvalue weighted by Crippen LogP contribution is -2.34. The van der Waals surface area contributed by atoms with E-state index in [0.29, 0.717) is 6.54 Å². The van der Waals surface area contributed by atoms with Crippen molar-refractivity contribution in [3.63, 3.8) is 0 Å². The molecule has 0 saturated heterocycles. The second-order valence-electron chi connectivity index (χ2n) is 15.3. The molecule has 7 aromatic rings. The Morgan fingerprint density at radius 2 is 1.53 bits per heavy atom. The molecule has 0 fully saturated rings. The van der Waals surface area contributed by atoms with Crippen molar-refractivity contribution in [3.8, 4) is 11.4 Å². The van der Waals surface area contributed by atoms with Gasteiger partial charge < -0.3 is 23.0 Å². The zero-order chi connectivity index (χ0) is 37.9. The fourth-order valence-corrected chi connectivity index (χ4v) is 9.90. The van der Waals surface area contributed by atoms with Gasteiger partial charge in [-0.1, -0.05) is 68.1 Å². The molecule has 9 rings (SSSR count). The maximum atomic E-state index is 11.6. The summed E-state index contributed by atoms with van der Waals surface area (Å²) < 4.78 is 48.1. The van der Waals surface area contributed by atoms with Crippen molar-refractivity contribution in [2.75, 3.05) is 17.2 Å². The van der Waals surface area contributed by atoms with Gasteiger partial charge >= 0.3 is 5.89 Å². The lowest BCUT2D eigenvalue weighted by molar-refractivity contribution is -0.674. The van der Waals surface area contributed by atoms with Crippen LogP contribution >= 0.6 is 11.8 Å². The van der Waals surface area contributed by atoms with Gasteiger partial charge in [0.15, 0.2) is 0 Å². The maximum absolute atomic E-state index is 11.6. The molecular formula is C45H42N4O4S2. The summed E-state index contributed by atoms with van der Waals surface area (Å²) in [6.45, 7) is 7.92. The van der Waals surface area contributed by atoms with Crippen LogP contribution in [0.25, 0.3) is 50.4 Å². The summed E-state index contributed by atoms with van der Waals surface area (Å²) in [5, 5.41) is 3.39. The number of nitrogens with zero attached hydrogens (tertiary/aromatic N) is 4. The monoisotopic (exact) mass is 766 g/mol. The van der Waals surface area contributed by atoms with Crippen LogP contribution in [0, 0.1) is 5.41 Å². The smallest absolute Gasteiger partial charge is 0.374 e. The second-order valence-corrected chi connectivity index (χ2v) is 17.9. The van der Waals surface area contributed by atoms with Crippen LogP contribution in [0.1, 0.15) is 45.9 Å². The number of allylic oxidation sites excluding steroid dienone is 4. The number of fused-ring (bicyclic) bond motifs is 4. The molecule has 0 unspecified atom stereocenters. The quantitative estimate of drug-likeness (QED) is 0.107. The number of benzene rings is 4. The first-order chi connectivity index (χ1) is 26.5. The van der Waals surface area contributed by atoms with Crippen LogP contribution in [-0.2, 0) is 16.7 Å². The van der Waals surface area contributed by atoms with Gasteiger partial charge in [0.2, 0.25) is 5.58 Å². The summed E-state index contributed by atoms with van der Waals surface area (Å²) in [5.74, 6) is 0.413. The number of aromatic nitrogens is 3. The van der Waals surface area contributed by atoms with Crippen LogP contribution in [0.3, 0.4) is 0 Å². The number of oxazole rings is 1. The van der Waals surface area contributed by atoms with Crippen molar-refractivity contribution in [1.29, 1.82) is 0 Å². The Morgan fingerprint density at radius 3 is 2.22 bits per heavy atom. The molecule has 2 aliphatic rings. The molecule has 0 bridgehead atoms. The zero-order valence-corrected chi connectivity index (χ0v) is 32.7. The number of hydrogen-bond donors (Lipinski definition) is 0. The molecule has 0 amide bonds. The summed E-state index contributed by atoms with van der Waals surface area (Å²) in [6, 6.07) is 33.8. The van der Waals surface area contributed by atoms with Crippen molar-refractivity contribution in [1.82, 2.24) is 9.13 Å². The average molecular weight is 767 g/mol. The fraction of sp³-hybridized carbons (Fsp3) is 0.222. The van der Waals surface area contributed by atoms with E-state index in [2.05, 4.69) is 155 Å². The molecule has 0 N–H and O–H groups in total. The van der Waals surface area contributed by atoms with E-state index in [-0.39, 0.29) is 11.8 Å². The maximum Gasteiger partial charge on any atom is 0.374 e. The minimum absolute atomic E-state index is 0.00107. The summed E-state index contributed by atoms with van der Waals surface area (Å²) in [6.07, 6.45) is 12.9. The Morgan fingerprint density at radius 1 is 0.855 bits per heavy atom. The number of rotatable bonds is 9. The van der Waals surface area contributed by atoms with Crippen LogP contribution in [0.4, 0.5) is 5.69 Å². The van der Waals surface area contributed by atoms with Crippen molar-refractivity contribution in [2.45, 2.75) is 51.5 Å². The van der Waals surface area contributed by atoms with E-state index in [9.17, 15) is 13.0 Å². The second kappa shape index (κ2) is 13.8. The largest absolute Gasteiger partial charge is 0.748 e. The highest BCUT2D eigenvalue weighted by Crippen LogP contribution is 2.49. The number of hydrogen-bond acceptors (Lipinski definition) is 6. The van der Waals surface area contributed by atoms with Crippen molar-refractivity contribution in [2.24, 2.45) is 5.41 Å². The Labute approximate surface area is 325 Å². The summed E-state index contributed by atoms with van der Waals surface area (Å²) >= 11 is 1.69. The van der Waals surface area contributed by atoms with Crippen LogP contribution in [0.15, 0.2) is 147 Å². The molecule has 4 heterocycles. The highest BCUT2D eigenvalue weighted by Gasteiger charge is 2.30. The fourth-order valence-electron chi connectivity index (χ4n) is 8.28. The van der Waals surface area contributed by atoms with Gasteiger partial charge in [0.25, 0.3) is 5.52 Å². The Kier molecular flexibility index (Phi) is 8.87. The number of aryl methyl sites for hydroxylation is 1. The molecule has 8 nitrogen and oxygen atoms in total. The third-order valence-electron chi connectivity index (χ3n) is 10.6. The highest BCUT2D eigenvalue weighted by atomic mass is 32.2. The van der Waals surface area contributed by atoms with E-state index in [1.807, 2.05) is 12.1 Å². The Hall–Kier alpha value is -5.29. The Bertz CT molecular complexity index is 2840. The molecule has 0 saturated carbocycles. The minimum atomic E-state index is -4.33. The molecule has 0 spiro atoms. The lowest BCUT2D eigenvalue weighted by Gasteiger charge is -2.31. The van der Waals surface area contributed by atoms with Gasteiger partial charge in [-0.05, 0) is 114 Å². The first kappa shape index (κ1) is 35.4. The highest BCUT2D eigenvalue weighted by molar-refractivity contribution is 8.03. The Balaban J connectivity index is 1.07. The standard InChI is InChI=1S/C45H42N4O4S2/c1-4-46-39-27-35(47-21-18-33-10-5-7-12-37(33)47)14-16-41(39)53-43(46)25-31-24-32(30-45(2,3)29-31)26-44-49(20-9-23-55(50,51)52)40-28-36(15-17-42(40)54-44)48-22-19-34-11-6-8-13-38(34)48/h5-8,10-19,21-22,24-28H,4,9,20,23,29-30H2,1-3H3. The van der Waals surface area contributed by atoms with E-state index in [0.717, 1.165) is 74.3 Å². The summed E-state index contributed by atoms with van der Waals surface area (Å²) in [7, 11) is -4.33. The van der Waals surface area contributed by atoms with Gasteiger partial charge in [-0.25, -0.2) is 8.42 Å². The molecule has 278 valence electrons. The van der Waals surface area contributed by atoms with Gasteiger partial charge in [0, 0.05) is 41.3 Å². The van der Waals surface area contributed by atoms with Crippen molar-refractivity contribution in [3.05, 3.63) is 144 Å². The molecule has 0 radical (unpaired) electrons. The van der Waals surface area contributed by atoms with Crippen LogP contribution < -0.4 is 9.47 Å². The molecule has 4 aromatic carbocycles. The molecule has 55 heavy (non-hydrogen) atoms. The molecule has 0 atom stereocenters. The van der Waals surface area contributed by atoms with Crippen LogP contribution in [0.2, 0.25) is 0 Å². The topological polar surface area (TPSA) is 87.3 Å².